The van der Waals surface area contributed by atoms with Gasteiger partial charge in [0.1, 0.15) is 0 Å². The molecule has 0 amide bonds. The smallest absolute Gasteiger partial charge is 0.0804 e. The van der Waals surface area contributed by atoms with Crippen LogP contribution < -0.4 is 0 Å². The molecule has 2 heteroatoms. The minimum absolute atomic E-state index is 1.22. The zero-order chi connectivity index (χ0) is 9.23. The van der Waals surface area contributed by atoms with Crippen LogP contribution in [0.5, 0.6) is 0 Å². The van der Waals surface area contributed by atoms with Gasteiger partial charge in [-0.1, -0.05) is 39.2 Å². The second kappa shape index (κ2) is 9.40. The molecule has 0 aliphatic carbocycles. The summed E-state index contributed by atoms with van der Waals surface area (Å²) in [7, 11) is 3.61. The molecule has 0 aromatic heterocycles. The van der Waals surface area contributed by atoms with Crippen molar-refractivity contribution in [2.45, 2.75) is 46.0 Å². The topological polar surface area (TPSA) is 0 Å². The van der Waals surface area contributed by atoms with Crippen LogP contribution in [0.1, 0.15) is 46.0 Å². The Labute approximate surface area is 84.6 Å². The molecule has 3 radical (unpaired) electrons. The van der Waals surface area contributed by atoms with Crippen molar-refractivity contribution in [3.63, 3.8) is 0 Å². The van der Waals surface area contributed by atoms with Gasteiger partial charge >= 0.3 is 0 Å². The lowest BCUT2D eigenvalue weighted by Gasteiger charge is -1.99. The van der Waals surface area contributed by atoms with E-state index in [1.807, 2.05) is 11.8 Å². The van der Waals surface area contributed by atoms with Crippen LogP contribution in [0, 0.1) is 0 Å². The first-order valence-corrected chi connectivity index (χ1v) is 6.34. The molecule has 69 valence electrons. The highest BCUT2D eigenvalue weighted by Gasteiger charge is 1.90. The average Bonchev–Trinajstić information content (AvgIpc) is 2.06. The van der Waals surface area contributed by atoms with E-state index in [0.29, 0.717) is 0 Å². The third-order valence-electron chi connectivity index (χ3n) is 1.64. The summed E-state index contributed by atoms with van der Waals surface area (Å²) in [5.41, 5.74) is 0. The molecule has 12 heavy (non-hydrogen) atoms. The van der Waals surface area contributed by atoms with Crippen molar-refractivity contribution in [3.05, 3.63) is 10.6 Å². The van der Waals surface area contributed by atoms with Crippen LogP contribution in [0.4, 0.5) is 0 Å². The van der Waals surface area contributed by atoms with Crippen LogP contribution in [0.25, 0.3) is 0 Å². The number of thioether (sulfide) groups is 1. The van der Waals surface area contributed by atoms with E-state index in [2.05, 4.69) is 30.2 Å². The Morgan fingerprint density at radius 2 is 1.92 bits per heavy atom. The Morgan fingerprint density at radius 1 is 1.25 bits per heavy atom. The van der Waals surface area contributed by atoms with Gasteiger partial charge < -0.3 is 0 Å². The highest BCUT2D eigenvalue weighted by atomic mass is 32.2. The molecule has 0 aromatic rings. The fourth-order valence-corrected chi connectivity index (χ4v) is 2.16. The first kappa shape index (κ1) is 12.3. The molecule has 0 aliphatic heterocycles. The SMILES string of the molecule is CCCC/C=C(\[Si])SCCCC. The molecule has 0 spiro atoms. The number of allylic oxidation sites excluding steroid dienone is 1. The van der Waals surface area contributed by atoms with Crippen molar-refractivity contribution in [3.8, 4) is 0 Å². The molecule has 0 saturated heterocycles. The third kappa shape index (κ3) is 8.40. The van der Waals surface area contributed by atoms with Gasteiger partial charge in [0.05, 0.1) is 10.2 Å². The maximum Gasteiger partial charge on any atom is 0.0804 e. The van der Waals surface area contributed by atoms with Crippen LogP contribution in [0.3, 0.4) is 0 Å². The van der Waals surface area contributed by atoms with Gasteiger partial charge in [0.15, 0.2) is 0 Å². The van der Waals surface area contributed by atoms with Gasteiger partial charge in [-0.3, -0.25) is 0 Å². The van der Waals surface area contributed by atoms with Gasteiger partial charge in [-0.25, -0.2) is 0 Å². The highest BCUT2D eigenvalue weighted by Crippen LogP contribution is 2.14. The van der Waals surface area contributed by atoms with E-state index in [1.54, 1.807) is 0 Å². The molecule has 0 aliphatic rings. The monoisotopic (exact) mass is 199 g/mol. The Hall–Kier alpha value is 0.307. The Balaban J connectivity index is 3.29. The van der Waals surface area contributed by atoms with Crippen LogP contribution >= 0.6 is 11.8 Å². The molecule has 0 heterocycles. The predicted molar refractivity (Wildman–Crippen MR) is 60.7 cm³/mol. The molecule has 0 atom stereocenters. The molecule has 0 N–H and O–H groups in total. The van der Waals surface area contributed by atoms with E-state index in [4.69, 9.17) is 0 Å². The van der Waals surface area contributed by atoms with E-state index >= 15 is 0 Å². The molecule has 0 aromatic carbocycles. The van der Waals surface area contributed by atoms with E-state index in [1.165, 1.54) is 42.4 Å². The molecule has 0 nitrogen and oxygen atoms in total. The lowest BCUT2D eigenvalue weighted by molar-refractivity contribution is 0.815. The molecule has 0 fully saturated rings. The first-order valence-electron chi connectivity index (χ1n) is 4.85. The number of rotatable bonds is 7. The predicted octanol–water partition coefficient (Wildman–Crippen LogP) is 3.72. The van der Waals surface area contributed by atoms with E-state index in [0.717, 1.165) is 0 Å². The van der Waals surface area contributed by atoms with Gasteiger partial charge in [0.2, 0.25) is 0 Å². The number of hydrogen-bond donors (Lipinski definition) is 0. The normalized spacial score (nSPS) is 12.1. The number of unbranched alkanes of at least 4 members (excludes halogenated alkanes) is 3. The van der Waals surface area contributed by atoms with Crippen LogP contribution in [-0.2, 0) is 0 Å². The summed E-state index contributed by atoms with van der Waals surface area (Å²) >= 11 is 1.93. The summed E-state index contributed by atoms with van der Waals surface area (Å²) in [6.07, 6.45) is 8.72. The molecule has 0 bridgehead atoms. The lowest BCUT2D eigenvalue weighted by Crippen LogP contribution is -1.81. The van der Waals surface area contributed by atoms with E-state index in [-0.39, 0.29) is 0 Å². The fraction of sp³-hybridized carbons (Fsp3) is 0.800. The van der Waals surface area contributed by atoms with Crippen molar-refractivity contribution in [2.75, 3.05) is 5.75 Å². The maximum atomic E-state index is 3.61. The molecular formula is C10H19SSi. The summed E-state index contributed by atoms with van der Waals surface area (Å²) in [5.74, 6) is 1.25. The second-order valence-corrected chi connectivity index (χ2v) is 4.95. The van der Waals surface area contributed by atoms with E-state index < -0.39 is 0 Å². The number of hydrogen-bond acceptors (Lipinski definition) is 1. The van der Waals surface area contributed by atoms with Crippen molar-refractivity contribution in [2.24, 2.45) is 0 Å². The van der Waals surface area contributed by atoms with Gasteiger partial charge in [0, 0.05) is 0 Å². The summed E-state index contributed by atoms with van der Waals surface area (Å²) < 4.78 is 1.32. The van der Waals surface area contributed by atoms with Crippen LogP contribution in [0.2, 0.25) is 0 Å². The van der Waals surface area contributed by atoms with Gasteiger partial charge in [-0.05, 0) is 23.1 Å². The van der Waals surface area contributed by atoms with E-state index in [9.17, 15) is 0 Å². The summed E-state index contributed by atoms with van der Waals surface area (Å²) in [4.78, 5) is 0. The summed E-state index contributed by atoms with van der Waals surface area (Å²) in [6.45, 7) is 4.46. The van der Waals surface area contributed by atoms with Crippen molar-refractivity contribution < 1.29 is 0 Å². The Kier molecular flexibility index (Phi) is 9.64. The summed E-state index contributed by atoms with van der Waals surface area (Å²) in [5, 5.41) is 0. The quantitative estimate of drug-likeness (QED) is 0.445. The van der Waals surface area contributed by atoms with Crippen molar-refractivity contribution in [1.82, 2.24) is 0 Å². The zero-order valence-corrected chi connectivity index (χ0v) is 10.0. The summed E-state index contributed by atoms with van der Waals surface area (Å²) in [6, 6.07) is 0. The highest BCUT2D eigenvalue weighted by molar-refractivity contribution is 8.04. The van der Waals surface area contributed by atoms with Gasteiger partial charge in [0.25, 0.3) is 0 Å². The van der Waals surface area contributed by atoms with Crippen LogP contribution in [0.15, 0.2) is 10.6 Å². The molecule has 0 rings (SSSR count). The Bertz CT molecular complexity index is 121. The lowest BCUT2D eigenvalue weighted by atomic mass is 10.2. The Morgan fingerprint density at radius 3 is 2.50 bits per heavy atom. The van der Waals surface area contributed by atoms with Crippen molar-refractivity contribution >= 4 is 22.0 Å². The first-order chi connectivity index (χ1) is 5.81. The van der Waals surface area contributed by atoms with Gasteiger partial charge in [-0.15, -0.1) is 11.8 Å². The molecular weight excluding hydrogens is 180 g/mol. The largest absolute Gasteiger partial charge is 0.136 e. The fourth-order valence-electron chi connectivity index (χ4n) is 0.823. The standard InChI is InChI=1S/C10H19SSi/c1-3-5-7-8-10(12)11-9-6-4-2/h8H,3-7,9H2,1-2H3/b10-8-. The van der Waals surface area contributed by atoms with Crippen molar-refractivity contribution in [1.29, 1.82) is 0 Å². The second-order valence-electron chi connectivity index (χ2n) is 2.91. The minimum Gasteiger partial charge on any atom is -0.136 e. The average molecular weight is 199 g/mol. The maximum absolute atomic E-state index is 3.61. The zero-order valence-electron chi connectivity index (χ0n) is 8.23. The minimum atomic E-state index is 1.22. The molecule has 0 saturated carbocycles. The third-order valence-corrected chi connectivity index (χ3v) is 3.25. The van der Waals surface area contributed by atoms with Gasteiger partial charge in [-0.2, -0.15) is 0 Å². The van der Waals surface area contributed by atoms with Crippen LogP contribution in [-0.4, -0.2) is 16.0 Å². The molecule has 0 unspecified atom stereocenters.